The summed E-state index contributed by atoms with van der Waals surface area (Å²) in [5, 5.41) is 11.7. The lowest BCUT2D eigenvalue weighted by Gasteiger charge is -2.10. The molecule has 14 heavy (non-hydrogen) atoms. The molecule has 80 valence electrons. The van der Waals surface area contributed by atoms with Crippen molar-refractivity contribution < 1.29 is 9.84 Å². The molecule has 0 atom stereocenters. The molecule has 0 aliphatic carbocycles. The zero-order valence-electron chi connectivity index (χ0n) is 7.72. The summed E-state index contributed by atoms with van der Waals surface area (Å²) >= 11 is 0. The Morgan fingerprint density at radius 1 is 1.21 bits per heavy atom. The number of aromatic hydroxyl groups is 1. The highest BCUT2D eigenvalue weighted by molar-refractivity contribution is 5.85. The minimum absolute atomic E-state index is 0. The normalized spacial score (nSPS) is 14.6. The second kappa shape index (κ2) is 8.68. The van der Waals surface area contributed by atoms with Gasteiger partial charge >= 0.3 is 0 Å². The van der Waals surface area contributed by atoms with Gasteiger partial charge in [0.15, 0.2) is 5.75 Å². The molecule has 2 heterocycles. The molecule has 1 aliphatic heterocycles. The first-order chi connectivity index (χ1) is 6.39. The average molecular weight is 220 g/mol. The first-order valence-corrected chi connectivity index (χ1v) is 4.12. The summed E-state index contributed by atoms with van der Waals surface area (Å²) in [5.74, 6) is 0.0995. The number of aromatic nitrogens is 2. The molecular formula is C8H14ClN3O2. The molecule has 2 N–H and O–H groups in total. The fourth-order valence-electron chi connectivity index (χ4n) is 0.807. The third kappa shape index (κ3) is 6.59. The van der Waals surface area contributed by atoms with Gasteiger partial charge in [-0.3, -0.25) is 0 Å². The van der Waals surface area contributed by atoms with Gasteiger partial charge < -0.3 is 15.2 Å². The predicted molar refractivity (Wildman–Crippen MR) is 54.6 cm³/mol. The summed E-state index contributed by atoms with van der Waals surface area (Å²) in [7, 11) is 0. The molecular weight excluding hydrogens is 206 g/mol. The van der Waals surface area contributed by atoms with Crippen LogP contribution in [-0.2, 0) is 4.74 Å². The number of halogens is 1. The van der Waals surface area contributed by atoms with Crippen molar-refractivity contribution in [1.29, 1.82) is 0 Å². The quantitative estimate of drug-likeness (QED) is 0.653. The van der Waals surface area contributed by atoms with Gasteiger partial charge in [0.25, 0.3) is 0 Å². The van der Waals surface area contributed by atoms with Crippen LogP contribution in [0.4, 0.5) is 0 Å². The van der Waals surface area contributed by atoms with Crippen LogP contribution in [0.25, 0.3) is 0 Å². The van der Waals surface area contributed by atoms with Gasteiger partial charge in [-0.2, -0.15) is 0 Å². The minimum Gasteiger partial charge on any atom is -0.505 e. The third-order valence-corrected chi connectivity index (χ3v) is 1.39. The van der Waals surface area contributed by atoms with Gasteiger partial charge in [-0.1, -0.05) is 0 Å². The molecule has 0 saturated carbocycles. The van der Waals surface area contributed by atoms with Crippen molar-refractivity contribution in [3.63, 3.8) is 0 Å². The van der Waals surface area contributed by atoms with E-state index in [1.54, 1.807) is 0 Å². The van der Waals surface area contributed by atoms with Crippen LogP contribution in [0.3, 0.4) is 0 Å². The van der Waals surface area contributed by atoms with E-state index in [-0.39, 0.29) is 18.2 Å². The molecule has 1 aromatic heterocycles. The molecule has 1 aromatic rings. The Bertz CT molecular complexity index is 208. The van der Waals surface area contributed by atoms with Crippen LogP contribution in [0.2, 0.25) is 0 Å². The maximum absolute atomic E-state index is 8.51. The fraction of sp³-hybridized carbons (Fsp3) is 0.500. The molecule has 0 unspecified atom stereocenters. The highest BCUT2D eigenvalue weighted by atomic mass is 35.5. The summed E-state index contributed by atoms with van der Waals surface area (Å²) in [4.78, 5) is 7.05. The molecule has 0 bridgehead atoms. The second-order valence-corrected chi connectivity index (χ2v) is 2.46. The van der Waals surface area contributed by atoms with Crippen molar-refractivity contribution in [3.8, 4) is 5.75 Å². The predicted octanol–water partition coefficient (Wildman–Crippen LogP) is 0.210. The lowest BCUT2D eigenvalue weighted by molar-refractivity contribution is 0.109. The van der Waals surface area contributed by atoms with Gasteiger partial charge in [-0.05, 0) is 0 Å². The van der Waals surface area contributed by atoms with Crippen molar-refractivity contribution in [2.45, 2.75) is 0 Å². The van der Waals surface area contributed by atoms with E-state index in [1.165, 1.54) is 18.7 Å². The number of nitrogens with zero attached hydrogens (tertiary/aromatic N) is 2. The zero-order chi connectivity index (χ0) is 9.36. The molecule has 2 rings (SSSR count). The van der Waals surface area contributed by atoms with Crippen molar-refractivity contribution in [1.82, 2.24) is 15.3 Å². The summed E-state index contributed by atoms with van der Waals surface area (Å²) in [6.07, 6.45) is 4.01. The van der Waals surface area contributed by atoms with Crippen LogP contribution in [0.5, 0.6) is 5.75 Å². The van der Waals surface area contributed by atoms with Gasteiger partial charge in [-0.15, -0.1) is 12.4 Å². The van der Waals surface area contributed by atoms with E-state index in [1.807, 2.05) is 0 Å². The molecule has 0 radical (unpaired) electrons. The molecule has 0 aromatic carbocycles. The standard InChI is InChI=1S/C4H4N2O.C4H9NO.ClH/c7-4-1-5-3-6-2-4;1-3-6-4-2-5-1;/h1-3,7H;5H,1-4H2;1H. The van der Waals surface area contributed by atoms with Gasteiger partial charge in [0.05, 0.1) is 25.6 Å². The Morgan fingerprint density at radius 2 is 1.79 bits per heavy atom. The van der Waals surface area contributed by atoms with E-state index in [0.29, 0.717) is 0 Å². The maximum atomic E-state index is 8.51. The lowest BCUT2D eigenvalue weighted by atomic mass is 10.5. The summed E-state index contributed by atoms with van der Waals surface area (Å²) < 4.78 is 5.01. The first kappa shape index (κ1) is 13.1. The minimum atomic E-state index is 0. The Balaban J connectivity index is 0.000000227. The van der Waals surface area contributed by atoms with Gasteiger partial charge in [0, 0.05) is 13.1 Å². The van der Waals surface area contributed by atoms with Gasteiger partial charge in [0.1, 0.15) is 6.33 Å². The Hall–Kier alpha value is -0.910. The number of hydrogen-bond acceptors (Lipinski definition) is 5. The van der Waals surface area contributed by atoms with Crippen LogP contribution in [0.15, 0.2) is 18.7 Å². The number of nitrogens with one attached hydrogen (secondary N) is 1. The monoisotopic (exact) mass is 219 g/mol. The van der Waals surface area contributed by atoms with Crippen molar-refractivity contribution in [3.05, 3.63) is 18.7 Å². The van der Waals surface area contributed by atoms with Gasteiger partial charge in [-0.25, -0.2) is 9.97 Å². The van der Waals surface area contributed by atoms with Crippen LogP contribution in [0.1, 0.15) is 0 Å². The van der Waals surface area contributed by atoms with Crippen molar-refractivity contribution >= 4 is 12.4 Å². The highest BCUT2D eigenvalue weighted by Crippen LogP contribution is 1.96. The molecule has 1 aliphatic rings. The van der Waals surface area contributed by atoms with Crippen LogP contribution in [0, 0.1) is 0 Å². The fourth-order valence-corrected chi connectivity index (χ4v) is 0.807. The lowest BCUT2D eigenvalue weighted by Crippen LogP contribution is -2.30. The molecule has 6 heteroatoms. The van der Waals surface area contributed by atoms with E-state index in [9.17, 15) is 0 Å². The van der Waals surface area contributed by atoms with Crippen LogP contribution in [-0.4, -0.2) is 41.4 Å². The Labute approximate surface area is 88.9 Å². The molecule has 1 fully saturated rings. The first-order valence-electron chi connectivity index (χ1n) is 4.12. The van der Waals surface area contributed by atoms with Crippen molar-refractivity contribution in [2.75, 3.05) is 26.3 Å². The Morgan fingerprint density at radius 3 is 2.00 bits per heavy atom. The average Bonchev–Trinajstić information content (AvgIpc) is 2.22. The molecule has 0 amide bonds. The largest absolute Gasteiger partial charge is 0.505 e. The van der Waals surface area contributed by atoms with E-state index in [0.717, 1.165) is 26.3 Å². The third-order valence-electron chi connectivity index (χ3n) is 1.39. The molecule has 1 saturated heterocycles. The number of ether oxygens (including phenoxy) is 1. The highest BCUT2D eigenvalue weighted by Gasteiger charge is 1.92. The van der Waals surface area contributed by atoms with Gasteiger partial charge in [0.2, 0.25) is 0 Å². The van der Waals surface area contributed by atoms with Crippen LogP contribution < -0.4 is 5.32 Å². The summed E-state index contributed by atoms with van der Waals surface area (Å²) in [5.41, 5.74) is 0. The van der Waals surface area contributed by atoms with E-state index in [2.05, 4.69) is 15.3 Å². The number of hydrogen-bond donors (Lipinski definition) is 2. The number of morpholine rings is 1. The topological polar surface area (TPSA) is 67.3 Å². The molecule has 0 spiro atoms. The summed E-state index contributed by atoms with van der Waals surface area (Å²) in [6.45, 7) is 3.83. The summed E-state index contributed by atoms with van der Waals surface area (Å²) in [6, 6.07) is 0. The van der Waals surface area contributed by atoms with Crippen molar-refractivity contribution in [2.24, 2.45) is 0 Å². The van der Waals surface area contributed by atoms with E-state index < -0.39 is 0 Å². The van der Waals surface area contributed by atoms with E-state index in [4.69, 9.17) is 9.84 Å². The van der Waals surface area contributed by atoms with E-state index >= 15 is 0 Å². The Kier molecular flexibility index (Phi) is 8.11. The zero-order valence-corrected chi connectivity index (χ0v) is 8.54. The maximum Gasteiger partial charge on any atom is 0.152 e. The number of rotatable bonds is 0. The second-order valence-electron chi connectivity index (χ2n) is 2.46. The van der Waals surface area contributed by atoms with Crippen LogP contribution >= 0.6 is 12.4 Å². The molecule has 5 nitrogen and oxygen atoms in total. The SMILES string of the molecule is C1COCCN1.Cl.Oc1cncnc1. The smallest absolute Gasteiger partial charge is 0.152 e.